The molecule has 1 heterocycles. The summed E-state index contributed by atoms with van der Waals surface area (Å²) in [4.78, 5) is 11.9. The van der Waals surface area contributed by atoms with Gasteiger partial charge in [-0.1, -0.05) is 23.7 Å². The highest BCUT2D eigenvalue weighted by atomic mass is 35.5. The molecule has 2 rings (SSSR count). The largest absolute Gasteiger partial charge is 0.506 e. The van der Waals surface area contributed by atoms with Gasteiger partial charge in [-0.3, -0.25) is 4.79 Å². The number of carbonyl (C=O) groups is 1. The minimum Gasteiger partial charge on any atom is -0.506 e. The molecule has 2 aromatic rings. The molecule has 1 unspecified atom stereocenters. The number of hydrogen-bond donors (Lipinski definition) is 3. The van der Waals surface area contributed by atoms with E-state index >= 15 is 0 Å². The van der Waals surface area contributed by atoms with Gasteiger partial charge in [0.05, 0.1) is 17.5 Å². The average Bonchev–Trinajstić information content (AvgIpc) is 2.92. The Balaban J connectivity index is 2.04. The smallest absolute Gasteiger partial charge is 0.305 e. The van der Waals surface area contributed by atoms with Crippen LogP contribution in [0.15, 0.2) is 35.7 Å². The molecule has 0 bridgehead atoms. The molecule has 20 heavy (non-hydrogen) atoms. The zero-order valence-corrected chi connectivity index (χ0v) is 12.1. The number of benzene rings is 1. The van der Waals surface area contributed by atoms with E-state index in [0.717, 1.165) is 10.4 Å². The number of nitrogens with one attached hydrogen (secondary N) is 1. The van der Waals surface area contributed by atoms with E-state index in [1.165, 1.54) is 17.4 Å². The van der Waals surface area contributed by atoms with Crippen LogP contribution >= 0.6 is 22.9 Å². The Morgan fingerprint density at radius 2 is 2.20 bits per heavy atom. The second-order valence-corrected chi connectivity index (χ2v) is 5.72. The summed E-state index contributed by atoms with van der Waals surface area (Å²) in [7, 11) is 0. The lowest BCUT2D eigenvalue weighted by molar-refractivity contribution is -0.137. The first kappa shape index (κ1) is 14.8. The van der Waals surface area contributed by atoms with E-state index in [1.807, 2.05) is 17.5 Å². The summed E-state index contributed by atoms with van der Waals surface area (Å²) in [6.07, 6.45) is 0.0202. The standard InChI is InChI=1S/C14H14ClNO3S/c15-10-6-9(3-4-12(10)17)8-16-11(7-14(18)19)13-2-1-5-20-13/h1-6,11,16-17H,7-8H2,(H,18,19). The third-order valence-electron chi connectivity index (χ3n) is 2.83. The van der Waals surface area contributed by atoms with Crippen molar-refractivity contribution < 1.29 is 15.0 Å². The van der Waals surface area contributed by atoms with Crippen molar-refractivity contribution >= 4 is 28.9 Å². The van der Waals surface area contributed by atoms with Gasteiger partial charge in [-0.15, -0.1) is 11.3 Å². The lowest BCUT2D eigenvalue weighted by Crippen LogP contribution is -2.22. The van der Waals surface area contributed by atoms with Gasteiger partial charge in [-0.2, -0.15) is 0 Å². The fourth-order valence-electron chi connectivity index (χ4n) is 1.84. The van der Waals surface area contributed by atoms with Gasteiger partial charge in [-0.25, -0.2) is 0 Å². The SMILES string of the molecule is O=C(O)CC(NCc1ccc(O)c(Cl)c1)c1cccs1. The van der Waals surface area contributed by atoms with Crippen LogP contribution in [-0.4, -0.2) is 16.2 Å². The summed E-state index contributed by atoms with van der Waals surface area (Å²) in [5.41, 5.74) is 0.889. The molecule has 0 radical (unpaired) electrons. The van der Waals surface area contributed by atoms with Crippen molar-refractivity contribution in [1.82, 2.24) is 5.32 Å². The third kappa shape index (κ3) is 3.96. The highest BCUT2D eigenvalue weighted by Crippen LogP contribution is 2.25. The number of rotatable bonds is 6. The number of aromatic hydroxyl groups is 1. The molecule has 0 fully saturated rings. The first-order valence-electron chi connectivity index (χ1n) is 6.02. The molecular weight excluding hydrogens is 298 g/mol. The molecule has 0 aliphatic rings. The van der Waals surface area contributed by atoms with Crippen molar-refractivity contribution in [3.63, 3.8) is 0 Å². The molecule has 0 aliphatic heterocycles. The van der Waals surface area contributed by atoms with Crippen LogP contribution in [0.5, 0.6) is 5.75 Å². The van der Waals surface area contributed by atoms with E-state index in [0.29, 0.717) is 6.54 Å². The predicted octanol–water partition coefficient (Wildman–Crippen LogP) is 3.41. The van der Waals surface area contributed by atoms with Crippen LogP contribution in [-0.2, 0) is 11.3 Å². The van der Waals surface area contributed by atoms with E-state index in [2.05, 4.69) is 5.32 Å². The van der Waals surface area contributed by atoms with E-state index in [9.17, 15) is 9.90 Å². The molecule has 0 saturated heterocycles. The number of aliphatic carboxylic acids is 1. The maximum atomic E-state index is 10.9. The van der Waals surface area contributed by atoms with E-state index in [-0.39, 0.29) is 23.2 Å². The Labute approximate surface area is 125 Å². The molecule has 0 saturated carbocycles. The molecule has 4 nitrogen and oxygen atoms in total. The lowest BCUT2D eigenvalue weighted by Gasteiger charge is -2.15. The highest BCUT2D eigenvalue weighted by Gasteiger charge is 2.16. The fourth-order valence-corrected chi connectivity index (χ4v) is 2.84. The van der Waals surface area contributed by atoms with Gasteiger partial charge in [0.25, 0.3) is 0 Å². The topological polar surface area (TPSA) is 69.6 Å². The minimum atomic E-state index is -0.848. The summed E-state index contributed by atoms with van der Waals surface area (Å²) in [6.45, 7) is 0.482. The molecule has 3 N–H and O–H groups in total. The Morgan fingerprint density at radius 1 is 1.40 bits per heavy atom. The third-order valence-corrected chi connectivity index (χ3v) is 4.12. The second kappa shape index (κ2) is 6.74. The van der Waals surface area contributed by atoms with Crippen molar-refractivity contribution in [1.29, 1.82) is 0 Å². The van der Waals surface area contributed by atoms with Gasteiger partial charge in [0.15, 0.2) is 0 Å². The Kier molecular flexibility index (Phi) is 5.00. The van der Waals surface area contributed by atoms with Crippen molar-refractivity contribution in [2.24, 2.45) is 0 Å². The number of hydrogen-bond acceptors (Lipinski definition) is 4. The zero-order valence-electron chi connectivity index (χ0n) is 10.5. The maximum absolute atomic E-state index is 10.9. The molecule has 0 aliphatic carbocycles. The number of halogens is 1. The van der Waals surface area contributed by atoms with Gasteiger partial charge in [0, 0.05) is 11.4 Å². The first-order chi connectivity index (χ1) is 9.56. The van der Waals surface area contributed by atoms with Crippen LogP contribution in [0.25, 0.3) is 0 Å². The van der Waals surface area contributed by atoms with Gasteiger partial charge in [-0.05, 0) is 29.1 Å². The number of phenolic OH excluding ortho intramolecular Hbond substituents is 1. The maximum Gasteiger partial charge on any atom is 0.305 e. The summed E-state index contributed by atoms with van der Waals surface area (Å²) < 4.78 is 0. The summed E-state index contributed by atoms with van der Waals surface area (Å²) in [5, 5.41) is 23.7. The number of carboxylic acids is 1. The number of phenols is 1. The van der Waals surface area contributed by atoms with Gasteiger partial charge in [0.2, 0.25) is 0 Å². The van der Waals surface area contributed by atoms with Crippen LogP contribution in [0.3, 0.4) is 0 Å². The Morgan fingerprint density at radius 3 is 2.80 bits per heavy atom. The first-order valence-corrected chi connectivity index (χ1v) is 7.28. The summed E-state index contributed by atoms with van der Waals surface area (Å²) in [5.74, 6) is -0.810. The minimum absolute atomic E-state index is 0.0202. The summed E-state index contributed by atoms with van der Waals surface area (Å²) in [6, 6.07) is 8.51. The van der Waals surface area contributed by atoms with E-state index in [4.69, 9.17) is 16.7 Å². The van der Waals surface area contributed by atoms with Gasteiger partial charge < -0.3 is 15.5 Å². The van der Waals surface area contributed by atoms with Crippen molar-refractivity contribution in [2.45, 2.75) is 19.0 Å². The van der Waals surface area contributed by atoms with Crippen molar-refractivity contribution in [3.8, 4) is 5.75 Å². The Bertz CT molecular complexity index is 586. The van der Waals surface area contributed by atoms with E-state index < -0.39 is 5.97 Å². The molecule has 6 heteroatoms. The zero-order chi connectivity index (χ0) is 14.5. The van der Waals surface area contributed by atoms with Crippen LogP contribution < -0.4 is 5.32 Å². The number of thiophene rings is 1. The van der Waals surface area contributed by atoms with Crippen molar-refractivity contribution in [3.05, 3.63) is 51.2 Å². The monoisotopic (exact) mass is 311 g/mol. The number of carboxylic acid groups (broad SMARTS) is 1. The predicted molar refractivity (Wildman–Crippen MR) is 79.3 cm³/mol. The van der Waals surface area contributed by atoms with Crippen LogP contribution in [0.1, 0.15) is 22.9 Å². The molecule has 0 amide bonds. The highest BCUT2D eigenvalue weighted by molar-refractivity contribution is 7.10. The van der Waals surface area contributed by atoms with Gasteiger partial charge >= 0.3 is 5.97 Å². The van der Waals surface area contributed by atoms with E-state index in [1.54, 1.807) is 12.1 Å². The summed E-state index contributed by atoms with van der Waals surface area (Å²) >= 11 is 7.37. The molecule has 0 spiro atoms. The second-order valence-electron chi connectivity index (χ2n) is 4.33. The Hall–Kier alpha value is -1.56. The van der Waals surface area contributed by atoms with Crippen LogP contribution in [0.4, 0.5) is 0 Å². The molecule has 1 aromatic carbocycles. The van der Waals surface area contributed by atoms with Gasteiger partial charge in [0.1, 0.15) is 5.75 Å². The quantitative estimate of drug-likeness (QED) is 0.764. The molecule has 106 valence electrons. The van der Waals surface area contributed by atoms with Crippen molar-refractivity contribution in [2.75, 3.05) is 0 Å². The molecule has 1 atom stereocenters. The average molecular weight is 312 g/mol. The fraction of sp³-hybridized carbons (Fsp3) is 0.214. The van der Waals surface area contributed by atoms with Crippen LogP contribution in [0.2, 0.25) is 5.02 Å². The molecule has 1 aromatic heterocycles. The lowest BCUT2D eigenvalue weighted by atomic mass is 10.1. The molecular formula is C14H14ClNO3S. The van der Waals surface area contributed by atoms with Crippen LogP contribution in [0, 0.1) is 0 Å². The normalized spacial score (nSPS) is 12.2.